The largest absolute Gasteiger partial charge is 0.493 e. The fourth-order valence-electron chi connectivity index (χ4n) is 2.32. The van der Waals surface area contributed by atoms with Gasteiger partial charge in [-0.05, 0) is 55.3 Å². The number of aryl methyl sites for hydroxylation is 2. The molecular weight excluding hydrogens is 266 g/mol. The van der Waals surface area contributed by atoms with E-state index >= 15 is 0 Å². The molecule has 2 N–H and O–H groups in total. The van der Waals surface area contributed by atoms with Crippen LogP contribution in [0.4, 0.5) is 5.69 Å². The van der Waals surface area contributed by atoms with Crippen molar-refractivity contribution in [2.24, 2.45) is 0 Å². The number of nitrogen functional groups attached to an aromatic ring is 1. The number of ether oxygens (including phenoxy) is 2. The maximum atomic E-state index is 12.7. The lowest BCUT2D eigenvalue weighted by atomic mass is 9.97. The minimum atomic E-state index is -0.0798. The molecule has 2 aromatic rings. The highest BCUT2D eigenvalue weighted by atomic mass is 16.5. The van der Waals surface area contributed by atoms with Crippen molar-refractivity contribution in [1.29, 1.82) is 0 Å². The van der Waals surface area contributed by atoms with Gasteiger partial charge in [0.05, 0.1) is 14.2 Å². The van der Waals surface area contributed by atoms with E-state index in [1.54, 1.807) is 32.4 Å². The third kappa shape index (κ3) is 2.99. The molecule has 0 amide bonds. The number of carbonyl (C=O) groups excluding carboxylic acids is 1. The van der Waals surface area contributed by atoms with Gasteiger partial charge in [0.25, 0.3) is 0 Å². The highest BCUT2D eigenvalue weighted by molar-refractivity contribution is 6.10. The van der Waals surface area contributed by atoms with E-state index in [1.807, 2.05) is 26.0 Å². The highest BCUT2D eigenvalue weighted by Crippen LogP contribution is 2.31. The van der Waals surface area contributed by atoms with Crippen molar-refractivity contribution in [1.82, 2.24) is 0 Å². The Balaban J connectivity index is 2.52. The molecule has 0 bridgehead atoms. The molecule has 0 unspecified atom stereocenters. The number of methoxy groups -OCH3 is 2. The van der Waals surface area contributed by atoms with E-state index in [-0.39, 0.29) is 5.78 Å². The van der Waals surface area contributed by atoms with Gasteiger partial charge in [-0.25, -0.2) is 0 Å². The van der Waals surface area contributed by atoms with Gasteiger partial charge < -0.3 is 15.2 Å². The van der Waals surface area contributed by atoms with Crippen LogP contribution in [0.25, 0.3) is 0 Å². The first-order valence-electron chi connectivity index (χ1n) is 6.60. The first-order valence-corrected chi connectivity index (χ1v) is 6.60. The SMILES string of the molecule is COc1cc(C)c(C(=O)c2cc(C)cc(N)c2)cc1OC. The van der Waals surface area contributed by atoms with Crippen molar-refractivity contribution >= 4 is 11.5 Å². The van der Waals surface area contributed by atoms with Gasteiger partial charge in [0.15, 0.2) is 17.3 Å². The van der Waals surface area contributed by atoms with Crippen LogP contribution in [-0.2, 0) is 0 Å². The van der Waals surface area contributed by atoms with Crippen LogP contribution in [0.3, 0.4) is 0 Å². The summed E-state index contributed by atoms with van der Waals surface area (Å²) in [5.74, 6) is 1.06. The molecule has 0 aromatic heterocycles. The number of benzene rings is 2. The van der Waals surface area contributed by atoms with Gasteiger partial charge in [-0.3, -0.25) is 4.79 Å². The van der Waals surface area contributed by atoms with Gasteiger partial charge in [0.2, 0.25) is 0 Å². The highest BCUT2D eigenvalue weighted by Gasteiger charge is 2.16. The zero-order valence-corrected chi connectivity index (χ0v) is 12.7. The molecule has 4 nitrogen and oxygen atoms in total. The van der Waals surface area contributed by atoms with E-state index in [9.17, 15) is 4.79 Å². The van der Waals surface area contributed by atoms with E-state index in [4.69, 9.17) is 15.2 Å². The van der Waals surface area contributed by atoms with Gasteiger partial charge in [0, 0.05) is 16.8 Å². The van der Waals surface area contributed by atoms with Gasteiger partial charge in [0.1, 0.15) is 0 Å². The third-order valence-corrected chi connectivity index (χ3v) is 3.34. The zero-order chi connectivity index (χ0) is 15.6. The van der Waals surface area contributed by atoms with E-state index in [0.29, 0.717) is 28.3 Å². The predicted octanol–water partition coefficient (Wildman–Crippen LogP) is 3.13. The molecule has 0 saturated carbocycles. The molecule has 0 fully saturated rings. The summed E-state index contributed by atoms with van der Waals surface area (Å²) in [5, 5.41) is 0. The van der Waals surface area contributed by atoms with Crippen molar-refractivity contribution in [3.8, 4) is 11.5 Å². The van der Waals surface area contributed by atoms with E-state index in [1.165, 1.54) is 0 Å². The van der Waals surface area contributed by atoms with Crippen molar-refractivity contribution in [2.45, 2.75) is 13.8 Å². The van der Waals surface area contributed by atoms with E-state index in [2.05, 4.69) is 0 Å². The van der Waals surface area contributed by atoms with Crippen LogP contribution >= 0.6 is 0 Å². The summed E-state index contributed by atoms with van der Waals surface area (Å²) in [6, 6.07) is 8.85. The normalized spacial score (nSPS) is 10.3. The Morgan fingerprint density at radius 1 is 0.952 bits per heavy atom. The Labute approximate surface area is 124 Å². The second-order valence-corrected chi connectivity index (χ2v) is 4.98. The molecule has 0 atom stereocenters. The molecule has 2 rings (SSSR count). The monoisotopic (exact) mass is 285 g/mol. The summed E-state index contributed by atoms with van der Waals surface area (Å²) >= 11 is 0. The Kier molecular flexibility index (Phi) is 4.17. The Morgan fingerprint density at radius 2 is 1.57 bits per heavy atom. The molecule has 4 heteroatoms. The van der Waals surface area contributed by atoms with Crippen molar-refractivity contribution in [3.05, 3.63) is 52.6 Å². The van der Waals surface area contributed by atoms with E-state index < -0.39 is 0 Å². The molecule has 0 aliphatic carbocycles. The quantitative estimate of drug-likeness (QED) is 0.692. The molecule has 110 valence electrons. The first-order chi connectivity index (χ1) is 9.96. The number of hydrogen-bond acceptors (Lipinski definition) is 4. The van der Waals surface area contributed by atoms with Gasteiger partial charge in [-0.15, -0.1) is 0 Å². The summed E-state index contributed by atoms with van der Waals surface area (Å²) in [4.78, 5) is 12.7. The average Bonchev–Trinajstić information content (AvgIpc) is 2.45. The van der Waals surface area contributed by atoms with Crippen molar-refractivity contribution in [2.75, 3.05) is 20.0 Å². The fourth-order valence-corrected chi connectivity index (χ4v) is 2.32. The van der Waals surface area contributed by atoms with Crippen LogP contribution in [0.2, 0.25) is 0 Å². The summed E-state index contributed by atoms with van der Waals surface area (Å²) < 4.78 is 10.5. The topological polar surface area (TPSA) is 61.5 Å². The summed E-state index contributed by atoms with van der Waals surface area (Å²) in [6.07, 6.45) is 0. The van der Waals surface area contributed by atoms with Crippen LogP contribution in [0.15, 0.2) is 30.3 Å². The predicted molar refractivity (Wildman–Crippen MR) is 83.3 cm³/mol. The summed E-state index contributed by atoms with van der Waals surface area (Å²) in [6.45, 7) is 3.78. The van der Waals surface area contributed by atoms with Crippen LogP contribution in [0, 0.1) is 13.8 Å². The second-order valence-electron chi connectivity index (χ2n) is 4.98. The van der Waals surface area contributed by atoms with Crippen LogP contribution in [0.5, 0.6) is 11.5 Å². The fraction of sp³-hybridized carbons (Fsp3) is 0.235. The Bertz CT molecular complexity index is 672. The molecule has 0 aliphatic rings. The molecule has 0 spiro atoms. The maximum Gasteiger partial charge on any atom is 0.193 e. The number of nitrogens with two attached hydrogens (primary N) is 1. The molecule has 0 aliphatic heterocycles. The number of hydrogen-bond donors (Lipinski definition) is 1. The standard InChI is InChI=1S/C17H19NO3/c1-10-5-12(8-13(18)6-10)17(19)14-9-16(21-4)15(20-3)7-11(14)2/h5-9H,18H2,1-4H3. The average molecular weight is 285 g/mol. The molecule has 0 radical (unpaired) electrons. The Hall–Kier alpha value is -2.49. The number of carbonyl (C=O) groups is 1. The van der Waals surface area contributed by atoms with Crippen LogP contribution in [0.1, 0.15) is 27.0 Å². The second kappa shape index (κ2) is 5.87. The minimum Gasteiger partial charge on any atom is -0.493 e. The number of rotatable bonds is 4. The maximum absolute atomic E-state index is 12.7. The zero-order valence-electron chi connectivity index (χ0n) is 12.7. The minimum absolute atomic E-state index is 0.0798. The van der Waals surface area contributed by atoms with Crippen molar-refractivity contribution < 1.29 is 14.3 Å². The summed E-state index contributed by atoms with van der Waals surface area (Å²) in [5.41, 5.74) is 9.34. The first kappa shape index (κ1) is 14.9. The lowest BCUT2D eigenvalue weighted by Crippen LogP contribution is -2.06. The summed E-state index contributed by atoms with van der Waals surface area (Å²) in [7, 11) is 3.12. The molecule has 2 aromatic carbocycles. The van der Waals surface area contributed by atoms with Crippen molar-refractivity contribution in [3.63, 3.8) is 0 Å². The number of ketones is 1. The van der Waals surface area contributed by atoms with Gasteiger partial charge in [-0.1, -0.05) is 0 Å². The molecule has 21 heavy (non-hydrogen) atoms. The molecule has 0 heterocycles. The van der Waals surface area contributed by atoms with Gasteiger partial charge >= 0.3 is 0 Å². The van der Waals surface area contributed by atoms with Crippen LogP contribution < -0.4 is 15.2 Å². The third-order valence-electron chi connectivity index (χ3n) is 3.34. The van der Waals surface area contributed by atoms with E-state index in [0.717, 1.165) is 11.1 Å². The lowest BCUT2D eigenvalue weighted by molar-refractivity contribution is 0.103. The van der Waals surface area contributed by atoms with Gasteiger partial charge in [-0.2, -0.15) is 0 Å². The lowest BCUT2D eigenvalue weighted by Gasteiger charge is -2.12. The Morgan fingerprint density at radius 3 is 2.14 bits per heavy atom. The van der Waals surface area contributed by atoms with Crippen LogP contribution in [-0.4, -0.2) is 20.0 Å². The number of anilines is 1. The molecular formula is C17H19NO3. The smallest absolute Gasteiger partial charge is 0.193 e. The molecule has 0 saturated heterocycles.